The van der Waals surface area contributed by atoms with Gasteiger partial charge < -0.3 is 9.72 Å². The molecule has 0 bridgehead atoms. The van der Waals surface area contributed by atoms with Crippen LogP contribution in [-0.4, -0.2) is 23.3 Å². The number of esters is 1. The van der Waals surface area contributed by atoms with E-state index in [1.54, 1.807) is 13.8 Å². The van der Waals surface area contributed by atoms with Crippen molar-refractivity contribution in [3.63, 3.8) is 0 Å². The Morgan fingerprint density at radius 3 is 2.53 bits per heavy atom. The molecule has 1 fully saturated rings. The third-order valence-corrected chi connectivity index (χ3v) is 3.11. The van der Waals surface area contributed by atoms with Gasteiger partial charge in [0.2, 0.25) is 0 Å². The molecule has 0 aromatic carbocycles. The fraction of sp³-hybridized carbons (Fsp3) is 0.538. The summed E-state index contributed by atoms with van der Waals surface area (Å²) >= 11 is 0. The van der Waals surface area contributed by atoms with Crippen molar-refractivity contribution in [1.82, 2.24) is 4.98 Å². The van der Waals surface area contributed by atoms with Gasteiger partial charge in [0.1, 0.15) is 5.69 Å². The van der Waals surface area contributed by atoms with Crippen LogP contribution in [0.4, 0.5) is 0 Å². The van der Waals surface area contributed by atoms with Crippen molar-refractivity contribution in [1.29, 1.82) is 0 Å². The molecule has 1 saturated carbocycles. The Bertz CT molecular complexity index is 469. The van der Waals surface area contributed by atoms with E-state index in [2.05, 4.69) is 4.98 Å². The van der Waals surface area contributed by atoms with Crippen molar-refractivity contribution in [2.45, 2.75) is 33.6 Å². The predicted octanol–water partition coefficient (Wildman–Crippen LogP) is 2.40. The molecule has 4 heteroatoms. The summed E-state index contributed by atoms with van der Waals surface area (Å²) in [7, 11) is 0. The highest BCUT2D eigenvalue weighted by molar-refractivity contribution is 6.04. The van der Waals surface area contributed by atoms with Gasteiger partial charge in [-0.15, -0.1) is 0 Å². The van der Waals surface area contributed by atoms with Crippen LogP contribution >= 0.6 is 0 Å². The topological polar surface area (TPSA) is 59.2 Å². The number of nitrogens with one attached hydrogen (secondary N) is 1. The molecule has 17 heavy (non-hydrogen) atoms. The van der Waals surface area contributed by atoms with E-state index >= 15 is 0 Å². The first kappa shape index (κ1) is 11.9. The number of aromatic nitrogens is 1. The average molecular weight is 235 g/mol. The number of rotatable bonds is 4. The number of ketones is 1. The lowest BCUT2D eigenvalue weighted by Crippen LogP contribution is -2.08. The SMILES string of the molecule is CCOC(=O)c1[nH]c(C)c(C(=O)C2CC2)c1C. The molecule has 0 aliphatic heterocycles. The van der Waals surface area contributed by atoms with E-state index in [9.17, 15) is 9.59 Å². The minimum atomic E-state index is -0.386. The van der Waals surface area contributed by atoms with E-state index in [4.69, 9.17) is 4.74 Å². The average Bonchev–Trinajstić information content (AvgIpc) is 3.05. The fourth-order valence-electron chi connectivity index (χ4n) is 2.08. The molecule has 92 valence electrons. The van der Waals surface area contributed by atoms with Crippen molar-refractivity contribution in [2.24, 2.45) is 5.92 Å². The van der Waals surface area contributed by atoms with Gasteiger partial charge in [-0.2, -0.15) is 0 Å². The lowest BCUT2D eigenvalue weighted by molar-refractivity contribution is 0.0519. The number of carbonyl (C=O) groups excluding carboxylic acids is 2. The van der Waals surface area contributed by atoms with Crippen molar-refractivity contribution in [2.75, 3.05) is 6.61 Å². The Kier molecular flexibility index (Phi) is 3.05. The van der Waals surface area contributed by atoms with Crippen LogP contribution in [0, 0.1) is 19.8 Å². The molecule has 1 N–H and O–H groups in total. The molecule has 4 nitrogen and oxygen atoms in total. The van der Waals surface area contributed by atoms with Gasteiger partial charge in [-0.3, -0.25) is 4.79 Å². The molecule has 0 atom stereocenters. The maximum absolute atomic E-state index is 12.1. The van der Waals surface area contributed by atoms with E-state index in [-0.39, 0.29) is 17.7 Å². The number of ether oxygens (including phenoxy) is 1. The normalized spacial score (nSPS) is 14.8. The molecule has 2 rings (SSSR count). The number of aryl methyl sites for hydroxylation is 1. The zero-order valence-corrected chi connectivity index (χ0v) is 10.4. The van der Waals surface area contributed by atoms with Crippen LogP contribution in [0.2, 0.25) is 0 Å². The second kappa shape index (κ2) is 4.35. The van der Waals surface area contributed by atoms with E-state index < -0.39 is 0 Å². The third-order valence-electron chi connectivity index (χ3n) is 3.11. The zero-order valence-electron chi connectivity index (χ0n) is 10.4. The first-order chi connectivity index (χ1) is 8.06. The van der Waals surface area contributed by atoms with Crippen LogP contribution in [0.3, 0.4) is 0 Å². The first-order valence-corrected chi connectivity index (χ1v) is 5.96. The van der Waals surface area contributed by atoms with Gasteiger partial charge in [-0.25, -0.2) is 4.79 Å². The Morgan fingerprint density at radius 2 is 2.00 bits per heavy atom. The van der Waals surface area contributed by atoms with E-state index in [0.717, 1.165) is 24.1 Å². The molecule has 0 amide bonds. The predicted molar refractivity (Wildman–Crippen MR) is 63.3 cm³/mol. The van der Waals surface area contributed by atoms with Crippen LogP contribution in [0.15, 0.2) is 0 Å². The molecule has 0 spiro atoms. The molecule has 1 aliphatic rings. The summed E-state index contributed by atoms with van der Waals surface area (Å²) in [4.78, 5) is 26.7. The Labute approximate surface area is 100 Å². The summed E-state index contributed by atoms with van der Waals surface area (Å²) in [5, 5.41) is 0. The zero-order chi connectivity index (χ0) is 12.6. The second-order valence-corrected chi connectivity index (χ2v) is 4.48. The highest BCUT2D eigenvalue weighted by atomic mass is 16.5. The summed E-state index contributed by atoms with van der Waals surface area (Å²) in [6, 6.07) is 0. The lowest BCUT2D eigenvalue weighted by Gasteiger charge is -2.01. The summed E-state index contributed by atoms with van der Waals surface area (Å²) in [5.74, 6) is -0.0620. The van der Waals surface area contributed by atoms with Gasteiger partial charge in [0, 0.05) is 17.2 Å². The number of carbonyl (C=O) groups is 2. The second-order valence-electron chi connectivity index (χ2n) is 4.48. The molecule has 0 radical (unpaired) electrons. The minimum absolute atomic E-state index is 0.159. The molecule has 1 aromatic heterocycles. The Morgan fingerprint density at radius 1 is 1.35 bits per heavy atom. The quantitative estimate of drug-likeness (QED) is 0.644. The van der Waals surface area contributed by atoms with Gasteiger partial charge in [0.15, 0.2) is 5.78 Å². The molecule has 0 unspecified atom stereocenters. The van der Waals surface area contributed by atoms with Crippen LogP contribution in [-0.2, 0) is 4.74 Å². The van der Waals surface area contributed by atoms with E-state index in [1.165, 1.54) is 0 Å². The van der Waals surface area contributed by atoms with Crippen molar-refractivity contribution in [3.8, 4) is 0 Å². The van der Waals surface area contributed by atoms with Crippen LogP contribution in [0.5, 0.6) is 0 Å². The maximum atomic E-state index is 12.1. The third kappa shape index (κ3) is 2.12. The Hall–Kier alpha value is -1.58. The highest BCUT2D eigenvalue weighted by Gasteiger charge is 2.34. The summed E-state index contributed by atoms with van der Waals surface area (Å²) in [6.45, 7) is 5.72. The molecular weight excluding hydrogens is 218 g/mol. The number of hydrogen-bond donors (Lipinski definition) is 1. The van der Waals surface area contributed by atoms with Crippen LogP contribution < -0.4 is 0 Å². The van der Waals surface area contributed by atoms with Gasteiger partial charge >= 0.3 is 5.97 Å². The van der Waals surface area contributed by atoms with E-state index in [0.29, 0.717) is 17.9 Å². The number of H-pyrrole nitrogens is 1. The molecular formula is C13H17NO3. The van der Waals surface area contributed by atoms with Crippen LogP contribution in [0.1, 0.15) is 51.9 Å². The highest BCUT2D eigenvalue weighted by Crippen LogP contribution is 2.35. The van der Waals surface area contributed by atoms with Gasteiger partial charge in [-0.1, -0.05) is 0 Å². The van der Waals surface area contributed by atoms with Gasteiger partial charge in [-0.05, 0) is 39.2 Å². The van der Waals surface area contributed by atoms with Crippen molar-refractivity contribution >= 4 is 11.8 Å². The monoisotopic (exact) mass is 235 g/mol. The Balaban J connectivity index is 2.34. The summed E-state index contributed by atoms with van der Waals surface area (Å²) < 4.78 is 4.95. The molecule has 1 aliphatic carbocycles. The number of hydrogen-bond acceptors (Lipinski definition) is 3. The largest absolute Gasteiger partial charge is 0.461 e. The van der Waals surface area contributed by atoms with Crippen LogP contribution in [0.25, 0.3) is 0 Å². The number of Topliss-reactive ketones (excluding diaryl/α,β-unsaturated/α-hetero) is 1. The molecule has 1 aromatic rings. The van der Waals surface area contributed by atoms with Gasteiger partial charge in [0.05, 0.1) is 6.61 Å². The fourth-order valence-corrected chi connectivity index (χ4v) is 2.08. The minimum Gasteiger partial charge on any atom is -0.461 e. The summed E-state index contributed by atoms with van der Waals surface area (Å²) in [5.41, 5.74) is 2.57. The number of aromatic amines is 1. The van der Waals surface area contributed by atoms with Gasteiger partial charge in [0.25, 0.3) is 0 Å². The molecule has 0 saturated heterocycles. The van der Waals surface area contributed by atoms with Crippen molar-refractivity contribution < 1.29 is 14.3 Å². The lowest BCUT2D eigenvalue weighted by atomic mass is 10.0. The standard InChI is InChI=1S/C13H17NO3/c1-4-17-13(16)11-7(2)10(8(3)14-11)12(15)9-5-6-9/h9,14H,4-6H2,1-3H3. The van der Waals surface area contributed by atoms with Crippen molar-refractivity contribution in [3.05, 3.63) is 22.5 Å². The van der Waals surface area contributed by atoms with E-state index in [1.807, 2.05) is 6.92 Å². The first-order valence-electron chi connectivity index (χ1n) is 5.96. The summed E-state index contributed by atoms with van der Waals surface area (Å²) in [6.07, 6.45) is 1.94. The maximum Gasteiger partial charge on any atom is 0.355 e. The smallest absolute Gasteiger partial charge is 0.355 e. The molecule has 1 heterocycles.